The second-order valence-electron chi connectivity index (χ2n) is 4.41. The van der Waals surface area contributed by atoms with E-state index in [1.807, 2.05) is 0 Å². The molecule has 2 N–H and O–H groups in total. The zero-order valence-electron chi connectivity index (χ0n) is 9.55. The van der Waals surface area contributed by atoms with Gasteiger partial charge < -0.3 is 14.8 Å². The second-order valence-corrected chi connectivity index (χ2v) is 5.27. The van der Waals surface area contributed by atoms with Gasteiger partial charge in [-0.15, -0.1) is 11.3 Å². The second kappa shape index (κ2) is 4.22. The molecule has 0 radical (unpaired) electrons. The fourth-order valence-electron chi connectivity index (χ4n) is 1.67. The largest absolute Gasteiger partial charge is 0.462 e. The van der Waals surface area contributed by atoms with Crippen molar-refractivity contribution in [2.45, 2.75) is 18.4 Å². The highest BCUT2D eigenvalue weighted by Gasteiger charge is 2.43. The van der Waals surface area contributed by atoms with Gasteiger partial charge in [0, 0.05) is 5.38 Å². The number of carbonyl (C=O) groups excluding carboxylic acids is 1. The maximum absolute atomic E-state index is 11.9. The average molecular weight is 264 g/mol. The van der Waals surface area contributed by atoms with Gasteiger partial charge >= 0.3 is 0 Å². The van der Waals surface area contributed by atoms with E-state index in [1.54, 1.807) is 23.8 Å². The number of amides is 1. The van der Waals surface area contributed by atoms with Gasteiger partial charge in [0.15, 0.2) is 10.8 Å². The Hall–Kier alpha value is -1.66. The van der Waals surface area contributed by atoms with Gasteiger partial charge in [-0.05, 0) is 25.0 Å². The van der Waals surface area contributed by atoms with Crippen LogP contribution in [0.3, 0.4) is 0 Å². The van der Waals surface area contributed by atoms with Gasteiger partial charge in [-0.2, -0.15) is 0 Å². The molecule has 1 aliphatic carbocycles. The molecular weight excluding hydrogens is 252 g/mol. The van der Waals surface area contributed by atoms with Gasteiger partial charge in [0.05, 0.1) is 18.4 Å². The van der Waals surface area contributed by atoms with E-state index in [0.717, 1.165) is 12.8 Å². The highest BCUT2D eigenvalue weighted by atomic mass is 32.1. The van der Waals surface area contributed by atoms with Gasteiger partial charge in [-0.3, -0.25) is 4.79 Å². The van der Waals surface area contributed by atoms with Gasteiger partial charge in [0.2, 0.25) is 0 Å². The Balaban J connectivity index is 1.75. The Labute approximate surface area is 107 Å². The molecule has 2 aromatic heterocycles. The number of aliphatic hydroxyl groups excluding tert-OH is 1. The number of hydrogen-bond acceptors (Lipinski definition) is 5. The number of hydrogen-bond donors (Lipinski definition) is 2. The van der Waals surface area contributed by atoms with Gasteiger partial charge in [-0.1, -0.05) is 0 Å². The molecule has 0 bridgehead atoms. The van der Waals surface area contributed by atoms with Crippen LogP contribution in [-0.4, -0.2) is 28.1 Å². The van der Waals surface area contributed by atoms with E-state index in [0.29, 0.717) is 16.5 Å². The number of carbonyl (C=O) groups is 1. The lowest BCUT2D eigenvalue weighted by Gasteiger charge is -2.12. The first kappa shape index (κ1) is 11.4. The van der Waals surface area contributed by atoms with Crippen molar-refractivity contribution < 1.29 is 14.3 Å². The molecule has 1 aliphatic rings. The lowest BCUT2D eigenvalue weighted by Crippen LogP contribution is -2.39. The van der Waals surface area contributed by atoms with Crippen molar-refractivity contribution in [3.05, 3.63) is 29.5 Å². The lowest BCUT2D eigenvalue weighted by atomic mass is 10.3. The van der Waals surface area contributed by atoms with Crippen molar-refractivity contribution in [1.82, 2.24) is 10.3 Å². The Morgan fingerprint density at radius 1 is 1.61 bits per heavy atom. The Morgan fingerprint density at radius 2 is 2.44 bits per heavy atom. The highest BCUT2D eigenvalue weighted by molar-refractivity contribution is 7.13. The van der Waals surface area contributed by atoms with Crippen LogP contribution >= 0.6 is 11.3 Å². The zero-order valence-corrected chi connectivity index (χ0v) is 10.4. The molecule has 1 amide bonds. The first-order valence-electron chi connectivity index (χ1n) is 5.65. The number of aromatic nitrogens is 1. The summed E-state index contributed by atoms with van der Waals surface area (Å²) in [5, 5.41) is 14.4. The van der Waals surface area contributed by atoms with E-state index in [9.17, 15) is 4.79 Å². The average Bonchev–Trinajstić information content (AvgIpc) is 2.87. The molecule has 1 fully saturated rings. The summed E-state index contributed by atoms with van der Waals surface area (Å²) in [7, 11) is 0. The SMILES string of the molecule is O=C(NC1(CO)CC1)c1csc(-c2ccco2)n1. The summed E-state index contributed by atoms with van der Waals surface area (Å²) >= 11 is 1.36. The molecule has 0 aromatic carbocycles. The topological polar surface area (TPSA) is 75.4 Å². The Bertz CT molecular complexity index is 558. The maximum Gasteiger partial charge on any atom is 0.271 e. The summed E-state index contributed by atoms with van der Waals surface area (Å²) in [6, 6.07) is 3.58. The quantitative estimate of drug-likeness (QED) is 0.880. The van der Waals surface area contributed by atoms with Crippen molar-refractivity contribution in [3.8, 4) is 10.8 Å². The minimum Gasteiger partial charge on any atom is -0.462 e. The first-order chi connectivity index (χ1) is 8.72. The molecule has 94 valence electrons. The predicted molar refractivity (Wildman–Crippen MR) is 66.3 cm³/mol. The molecule has 2 heterocycles. The first-order valence-corrected chi connectivity index (χ1v) is 6.53. The van der Waals surface area contributed by atoms with Crippen LogP contribution in [0.1, 0.15) is 23.3 Å². The third-order valence-corrected chi connectivity index (χ3v) is 3.86. The number of rotatable bonds is 4. The van der Waals surface area contributed by atoms with E-state index in [4.69, 9.17) is 9.52 Å². The van der Waals surface area contributed by atoms with Crippen LogP contribution in [0.25, 0.3) is 10.8 Å². The van der Waals surface area contributed by atoms with Gasteiger partial charge in [0.1, 0.15) is 5.69 Å². The van der Waals surface area contributed by atoms with E-state index in [2.05, 4.69) is 10.3 Å². The molecule has 18 heavy (non-hydrogen) atoms. The molecule has 0 unspecified atom stereocenters. The van der Waals surface area contributed by atoms with Crippen LogP contribution in [0.5, 0.6) is 0 Å². The summed E-state index contributed by atoms with van der Waals surface area (Å²) in [5.41, 5.74) is -0.0444. The van der Waals surface area contributed by atoms with Crippen molar-refractivity contribution in [1.29, 1.82) is 0 Å². The van der Waals surface area contributed by atoms with E-state index >= 15 is 0 Å². The molecule has 2 aromatic rings. The monoisotopic (exact) mass is 264 g/mol. The van der Waals surface area contributed by atoms with Gasteiger partial charge in [0.25, 0.3) is 5.91 Å². The molecule has 0 atom stereocenters. The number of aliphatic hydroxyl groups is 1. The molecule has 3 rings (SSSR count). The molecule has 1 saturated carbocycles. The number of nitrogens with one attached hydrogen (secondary N) is 1. The lowest BCUT2D eigenvalue weighted by molar-refractivity contribution is 0.0902. The number of thiazole rings is 1. The van der Waals surface area contributed by atoms with Crippen molar-refractivity contribution in [2.24, 2.45) is 0 Å². The van der Waals surface area contributed by atoms with Crippen molar-refractivity contribution in [3.63, 3.8) is 0 Å². The number of nitrogens with zero attached hydrogens (tertiary/aromatic N) is 1. The fourth-order valence-corrected chi connectivity index (χ4v) is 2.44. The smallest absolute Gasteiger partial charge is 0.271 e. The minimum atomic E-state index is -0.411. The standard InChI is InChI=1S/C12H12N2O3S/c15-7-12(3-4-12)14-10(16)8-6-18-11(13-8)9-2-1-5-17-9/h1-2,5-6,15H,3-4,7H2,(H,14,16). The summed E-state index contributed by atoms with van der Waals surface area (Å²) < 4.78 is 5.22. The summed E-state index contributed by atoms with van der Waals surface area (Å²) in [6.07, 6.45) is 3.22. The van der Waals surface area contributed by atoms with Crippen LogP contribution in [-0.2, 0) is 0 Å². The van der Waals surface area contributed by atoms with Gasteiger partial charge in [-0.25, -0.2) is 4.98 Å². The molecular formula is C12H12N2O3S. The summed E-state index contributed by atoms with van der Waals surface area (Å²) in [6.45, 7) is -0.0199. The fraction of sp³-hybridized carbons (Fsp3) is 0.333. The molecule has 5 nitrogen and oxygen atoms in total. The van der Waals surface area contributed by atoms with Crippen molar-refractivity contribution in [2.75, 3.05) is 6.61 Å². The molecule has 0 aliphatic heterocycles. The Morgan fingerprint density at radius 3 is 3.06 bits per heavy atom. The highest BCUT2D eigenvalue weighted by Crippen LogP contribution is 2.35. The number of furan rings is 1. The summed E-state index contributed by atoms with van der Waals surface area (Å²) in [5.74, 6) is 0.415. The van der Waals surface area contributed by atoms with Crippen LogP contribution < -0.4 is 5.32 Å². The summed E-state index contributed by atoms with van der Waals surface area (Å²) in [4.78, 5) is 16.2. The molecule has 0 spiro atoms. The van der Waals surface area contributed by atoms with Crippen LogP contribution in [0, 0.1) is 0 Å². The predicted octanol–water partition coefficient (Wildman–Crippen LogP) is 1.66. The van der Waals surface area contributed by atoms with Crippen molar-refractivity contribution >= 4 is 17.2 Å². The third kappa shape index (κ3) is 2.04. The van der Waals surface area contributed by atoms with Crippen LogP contribution in [0.4, 0.5) is 0 Å². The van der Waals surface area contributed by atoms with E-state index < -0.39 is 5.54 Å². The molecule has 6 heteroatoms. The van der Waals surface area contributed by atoms with E-state index in [-0.39, 0.29) is 12.5 Å². The molecule has 0 saturated heterocycles. The van der Waals surface area contributed by atoms with Crippen LogP contribution in [0.2, 0.25) is 0 Å². The normalized spacial score (nSPS) is 16.5. The van der Waals surface area contributed by atoms with E-state index in [1.165, 1.54) is 11.3 Å². The maximum atomic E-state index is 11.9. The van der Waals surface area contributed by atoms with Crippen LogP contribution in [0.15, 0.2) is 28.2 Å². The Kier molecular flexibility index (Phi) is 2.68. The third-order valence-electron chi connectivity index (χ3n) is 3.00. The minimum absolute atomic E-state index is 0.0199. The zero-order chi connectivity index (χ0) is 12.6.